The third kappa shape index (κ3) is 3.75. The zero-order chi connectivity index (χ0) is 12.9. The highest BCUT2D eigenvalue weighted by Gasteiger charge is 2.25. The van der Waals surface area contributed by atoms with Gasteiger partial charge in [0.15, 0.2) is 0 Å². The van der Waals surface area contributed by atoms with Gasteiger partial charge in [0.25, 0.3) is 0 Å². The standard InChI is InChI=1S/C13H19NO3/c1-4-17-11-7-5-10(6-8-11)13(2,14)9-12(15)16-3/h5-8H,4,9,14H2,1-3H3. The number of carbonyl (C=O) groups excluding carboxylic acids is 1. The quantitative estimate of drug-likeness (QED) is 0.793. The molecule has 0 aliphatic heterocycles. The van der Waals surface area contributed by atoms with Gasteiger partial charge >= 0.3 is 5.97 Å². The Kier molecular flexibility index (Phi) is 4.52. The van der Waals surface area contributed by atoms with E-state index in [9.17, 15) is 4.79 Å². The molecule has 0 aliphatic carbocycles. The smallest absolute Gasteiger partial charge is 0.307 e. The number of methoxy groups -OCH3 is 1. The Bertz CT molecular complexity index is 371. The van der Waals surface area contributed by atoms with E-state index in [-0.39, 0.29) is 12.4 Å². The second kappa shape index (κ2) is 5.68. The lowest BCUT2D eigenvalue weighted by molar-refractivity contribution is -0.141. The van der Waals surface area contributed by atoms with Gasteiger partial charge in [0.2, 0.25) is 0 Å². The van der Waals surface area contributed by atoms with Crippen LogP contribution in [0.15, 0.2) is 24.3 Å². The van der Waals surface area contributed by atoms with Crippen LogP contribution in [0.5, 0.6) is 5.75 Å². The number of nitrogens with two attached hydrogens (primary N) is 1. The number of esters is 1. The van der Waals surface area contributed by atoms with E-state index in [4.69, 9.17) is 10.5 Å². The normalized spacial score (nSPS) is 13.9. The van der Waals surface area contributed by atoms with Crippen LogP contribution in [0.2, 0.25) is 0 Å². The van der Waals surface area contributed by atoms with E-state index < -0.39 is 5.54 Å². The zero-order valence-electron chi connectivity index (χ0n) is 10.5. The van der Waals surface area contributed by atoms with Crippen LogP contribution >= 0.6 is 0 Å². The Morgan fingerprint density at radius 1 is 1.35 bits per heavy atom. The molecule has 17 heavy (non-hydrogen) atoms. The SMILES string of the molecule is CCOc1ccc(C(C)(N)CC(=O)OC)cc1. The molecule has 0 heterocycles. The Labute approximate surface area is 102 Å². The first-order chi connectivity index (χ1) is 7.99. The molecule has 0 aromatic heterocycles. The van der Waals surface area contributed by atoms with Crippen molar-refractivity contribution in [2.45, 2.75) is 25.8 Å². The Morgan fingerprint density at radius 2 is 1.94 bits per heavy atom. The zero-order valence-corrected chi connectivity index (χ0v) is 10.5. The van der Waals surface area contributed by atoms with Gasteiger partial charge in [-0.1, -0.05) is 12.1 Å². The van der Waals surface area contributed by atoms with E-state index in [1.54, 1.807) is 6.92 Å². The number of carbonyl (C=O) groups is 1. The largest absolute Gasteiger partial charge is 0.494 e. The summed E-state index contributed by atoms with van der Waals surface area (Å²) in [6.07, 6.45) is 0.150. The van der Waals surface area contributed by atoms with Crippen molar-refractivity contribution < 1.29 is 14.3 Å². The predicted octanol–water partition coefficient (Wildman–Crippen LogP) is 1.82. The van der Waals surface area contributed by atoms with Crippen LogP contribution in [0.3, 0.4) is 0 Å². The molecule has 4 nitrogen and oxygen atoms in total. The van der Waals surface area contributed by atoms with Crippen molar-refractivity contribution in [3.05, 3.63) is 29.8 Å². The van der Waals surface area contributed by atoms with Gasteiger partial charge in [0.1, 0.15) is 5.75 Å². The van der Waals surface area contributed by atoms with E-state index in [1.165, 1.54) is 7.11 Å². The summed E-state index contributed by atoms with van der Waals surface area (Å²) in [7, 11) is 1.36. The van der Waals surface area contributed by atoms with Crippen molar-refractivity contribution in [3.63, 3.8) is 0 Å². The van der Waals surface area contributed by atoms with Gasteiger partial charge in [-0.2, -0.15) is 0 Å². The van der Waals surface area contributed by atoms with E-state index in [0.717, 1.165) is 11.3 Å². The number of hydrogen-bond acceptors (Lipinski definition) is 4. The summed E-state index contributed by atoms with van der Waals surface area (Å²) in [5.74, 6) is 0.481. The van der Waals surface area contributed by atoms with Crippen molar-refractivity contribution in [3.8, 4) is 5.75 Å². The lowest BCUT2D eigenvalue weighted by Gasteiger charge is -2.24. The maximum atomic E-state index is 11.2. The molecule has 1 atom stereocenters. The van der Waals surface area contributed by atoms with Gasteiger partial charge in [-0.05, 0) is 31.5 Å². The molecule has 1 unspecified atom stereocenters. The van der Waals surface area contributed by atoms with Crippen LogP contribution in [-0.4, -0.2) is 19.7 Å². The molecule has 0 amide bonds. The number of hydrogen-bond donors (Lipinski definition) is 1. The first-order valence-corrected chi connectivity index (χ1v) is 5.58. The summed E-state index contributed by atoms with van der Waals surface area (Å²) in [6, 6.07) is 7.43. The molecule has 1 aromatic carbocycles. The third-order valence-corrected chi connectivity index (χ3v) is 2.56. The minimum Gasteiger partial charge on any atom is -0.494 e. The van der Waals surface area contributed by atoms with Crippen LogP contribution in [0.4, 0.5) is 0 Å². The van der Waals surface area contributed by atoms with E-state index >= 15 is 0 Å². The monoisotopic (exact) mass is 237 g/mol. The molecular formula is C13H19NO3. The fourth-order valence-corrected chi connectivity index (χ4v) is 1.57. The third-order valence-electron chi connectivity index (χ3n) is 2.56. The van der Waals surface area contributed by atoms with Gasteiger partial charge in [-0.25, -0.2) is 0 Å². The van der Waals surface area contributed by atoms with Crippen LogP contribution in [0.1, 0.15) is 25.8 Å². The van der Waals surface area contributed by atoms with Crippen molar-refractivity contribution in [2.24, 2.45) is 5.73 Å². The van der Waals surface area contributed by atoms with Crippen LogP contribution < -0.4 is 10.5 Å². The number of rotatable bonds is 5. The molecule has 1 rings (SSSR count). The summed E-state index contributed by atoms with van der Waals surface area (Å²) in [4.78, 5) is 11.2. The molecule has 0 radical (unpaired) electrons. The molecule has 0 aliphatic rings. The van der Waals surface area contributed by atoms with Gasteiger partial charge in [-0.15, -0.1) is 0 Å². The highest BCUT2D eigenvalue weighted by Crippen LogP contribution is 2.24. The van der Waals surface area contributed by atoms with E-state index in [2.05, 4.69) is 4.74 Å². The molecule has 4 heteroatoms. The van der Waals surface area contributed by atoms with Crippen molar-refractivity contribution >= 4 is 5.97 Å². The Morgan fingerprint density at radius 3 is 2.41 bits per heavy atom. The lowest BCUT2D eigenvalue weighted by Crippen LogP contribution is -2.35. The highest BCUT2D eigenvalue weighted by molar-refractivity contribution is 5.71. The van der Waals surface area contributed by atoms with Gasteiger partial charge in [0, 0.05) is 5.54 Å². The molecule has 0 bridgehead atoms. The lowest BCUT2D eigenvalue weighted by atomic mass is 9.90. The maximum Gasteiger partial charge on any atom is 0.307 e. The first kappa shape index (κ1) is 13.5. The summed E-state index contributed by atoms with van der Waals surface area (Å²) >= 11 is 0. The van der Waals surface area contributed by atoms with E-state index in [0.29, 0.717) is 6.61 Å². The van der Waals surface area contributed by atoms with Crippen LogP contribution in [0.25, 0.3) is 0 Å². The minimum atomic E-state index is -0.724. The molecule has 0 saturated heterocycles. The van der Waals surface area contributed by atoms with Crippen molar-refractivity contribution in [1.82, 2.24) is 0 Å². The summed E-state index contributed by atoms with van der Waals surface area (Å²) < 4.78 is 9.97. The molecule has 0 saturated carbocycles. The fourth-order valence-electron chi connectivity index (χ4n) is 1.57. The van der Waals surface area contributed by atoms with E-state index in [1.807, 2.05) is 31.2 Å². The van der Waals surface area contributed by atoms with Crippen molar-refractivity contribution in [1.29, 1.82) is 0 Å². The number of ether oxygens (including phenoxy) is 2. The van der Waals surface area contributed by atoms with Crippen molar-refractivity contribution in [2.75, 3.05) is 13.7 Å². The molecule has 0 spiro atoms. The molecule has 0 fully saturated rings. The predicted molar refractivity (Wildman–Crippen MR) is 65.8 cm³/mol. The average Bonchev–Trinajstić information content (AvgIpc) is 2.29. The Balaban J connectivity index is 2.80. The Hall–Kier alpha value is -1.55. The summed E-state index contributed by atoms with van der Waals surface area (Å²) in [5.41, 5.74) is 6.25. The molecule has 1 aromatic rings. The first-order valence-electron chi connectivity index (χ1n) is 5.58. The van der Waals surface area contributed by atoms with Gasteiger partial charge < -0.3 is 15.2 Å². The molecule has 2 N–H and O–H groups in total. The van der Waals surface area contributed by atoms with Crippen LogP contribution in [-0.2, 0) is 15.1 Å². The minimum absolute atomic E-state index is 0.150. The average molecular weight is 237 g/mol. The van der Waals surface area contributed by atoms with Gasteiger partial charge in [-0.3, -0.25) is 4.79 Å². The summed E-state index contributed by atoms with van der Waals surface area (Å²) in [5, 5.41) is 0. The topological polar surface area (TPSA) is 61.5 Å². The molecule has 94 valence electrons. The fraction of sp³-hybridized carbons (Fsp3) is 0.462. The van der Waals surface area contributed by atoms with Crippen LogP contribution in [0, 0.1) is 0 Å². The number of benzene rings is 1. The van der Waals surface area contributed by atoms with Gasteiger partial charge in [0.05, 0.1) is 20.1 Å². The second-order valence-corrected chi connectivity index (χ2v) is 4.13. The highest BCUT2D eigenvalue weighted by atomic mass is 16.5. The second-order valence-electron chi connectivity index (χ2n) is 4.13. The molecular weight excluding hydrogens is 218 g/mol. The summed E-state index contributed by atoms with van der Waals surface area (Å²) in [6.45, 7) is 4.36. The maximum absolute atomic E-state index is 11.2.